The number of carbonyl (C=O) groups excluding carboxylic acids is 9. The Morgan fingerprint density at radius 3 is 2.03 bits per heavy atom. The van der Waals surface area contributed by atoms with Crippen LogP contribution in [-0.2, 0) is 56.1 Å². The summed E-state index contributed by atoms with van der Waals surface area (Å²) in [7, 11) is 0. The summed E-state index contributed by atoms with van der Waals surface area (Å²) in [5.74, 6) is -7.72. The molecule has 0 fully saturated rings. The Morgan fingerprint density at radius 2 is 1.39 bits per heavy atom. The third kappa shape index (κ3) is 19.2. The van der Waals surface area contributed by atoms with Crippen molar-refractivity contribution in [2.24, 2.45) is 11.1 Å². The van der Waals surface area contributed by atoms with E-state index in [4.69, 9.17) is 5.73 Å². The van der Waals surface area contributed by atoms with Crippen LogP contribution in [0.4, 0.5) is 8.78 Å². The summed E-state index contributed by atoms with van der Waals surface area (Å²) in [4.78, 5) is 123. The van der Waals surface area contributed by atoms with Crippen LogP contribution in [0.15, 0.2) is 85.3 Å². The van der Waals surface area contributed by atoms with Gasteiger partial charge in [0, 0.05) is 74.4 Å². The molecule has 4 aromatic rings. The topological polar surface area (TPSA) is 293 Å². The normalized spacial score (nSPS) is 13.2. The molecule has 0 spiro atoms. The fourth-order valence-corrected chi connectivity index (χ4v) is 8.16. The zero-order valence-electron chi connectivity index (χ0n) is 43.0. The predicted octanol–water partition coefficient (Wildman–Crippen LogP) is 2.26. The number of ketones is 1. The van der Waals surface area contributed by atoms with Crippen molar-refractivity contribution in [3.05, 3.63) is 114 Å². The smallest absolute Gasteiger partial charge is 0.248 e. The number of nitrogens with zero attached hydrogens (tertiary/aromatic N) is 3. The summed E-state index contributed by atoms with van der Waals surface area (Å²) in [6.07, 6.45) is 4.07. The fraction of sp³-hybridized carbons (Fsp3) is 0.434. The van der Waals surface area contributed by atoms with Crippen molar-refractivity contribution < 1.29 is 57.0 Å². The molecular formula is C53H68F2N10O10. The number of amides is 8. The van der Waals surface area contributed by atoms with Gasteiger partial charge in [-0.05, 0) is 86.6 Å². The molecule has 2 aromatic heterocycles. The zero-order valence-corrected chi connectivity index (χ0v) is 43.0. The zero-order chi connectivity index (χ0) is 55.4. The highest BCUT2D eigenvalue weighted by Crippen LogP contribution is 2.41. The van der Waals surface area contributed by atoms with E-state index < -0.39 is 102 Å². The van der Waals surface area contributed by atoms with Gasteiger partial charge < -0.3 is 57.0 Å². The van der Waals surface area contributed by atoms with Gasteiger partial charge in [-0.2, -0.15) is 0 Å². The lowest BCUT2D eigenvalue weighted by Gasteiger charge is -2.41. The number of hydrogen-bond donors (Lipinski definition) is 8. The van der Waals surface area contributed by atoms with E-state index in [1.54, 1.807) is 29.0 Å². The highest BCUT2D eigenvalue weighted by atomic mass is 19.1. The summed E-state index contributed by atoms with van der Waals surface area (Å²) >= 11 is 0. The van der Waals surface area contributed by atoms with E-state index in [9.17, 15) is 52.6 Å². The van der Waals surface area contributed by atoms with Crippen LogP contribution in [0.1, 0.15) is 96.5 Å². The summed E-state index contributed by atoms with van der Waals surface area (Å²) in [5.41, 5.74) is 6.80. The number of nitrogens with one attached hydrogen (secondary N) is 6. The first kappa shape index (κ1) is 59.7. The number of carbonyl (C=O) groups is 9. The lowest BCUT2D eigenvalue weighted by atomic mass is 9.82. The third-order valence-electron chi connectivity index (χ3n) is 11.9. The second-order valence-corrected chi connectivity index (χ2v) is 19.2. The maximum Gasteiger partial charge on any atom is 0.248 e. The SMILES string of the molecule is CC(=O)CCCC(=O)NCCNC(=O)[C@H](CCN(C(=O)CO)[C@@H](c1cc(-c2cc(F)ccc2F)cn1Cc1ccccc1)C(C)(C)C)NC(=O)[C@H](CC(N)=O)NC(=O)[C@@H](C)NC(=O)[C@H](C)NC(=O)Cc1ccncc1. The van der Waals surface area contributed by atoms with Gasteiger partial charge in [0.05, 0.1) is 18.9 Å². The molecule has 0 aliphatic carbocycles. The van der Waals surface area contributed by atoms with Crippen LogP contribution in [-0.4, -0.2) is 123 Å². The van der Waals surface area contributed by atoms with E-state index in [0.29, 0.717) is 17.7 Å². The quantitative estimate of drug-likeness (QED) is 0.0382. The van der Waals surface area contributed by atoms with Gasteiger partial charge in [-0.25, -0.2) is 8.78 Å². The Kier molecular flexibility index (Phi) is 22.7. The average Bonchev–Trinajstić information content (AvgIpc) is 3.75. The first-order valence-corrected chi connectivity index (χ1v) is 24.5. The maximum absolute atomic E-state index is 15.4. The minimum absolute atomic E-state index is 0.0457. The highest BCUT2D eigenvalue weighted by molar-refractivity contribution is 5.97. The fourth-order valence-electron chi connectivity index (χ4n) is 8.16. The Morgan fingerprint density at radius 1 is 0.747 bits per heavy atom. The summed E-state index contributed by atoms with van der Waals surface area (Å²) in [6.45, 7) is 8.23. The predicted molar refractivity (Wildman–Crippen MR) is 272 cm³/mol. The largest absolute Gasteiger partial charge is 0.387 e. The molecule has 0 aliphatic rings. The van der Waals surface area contributed by atoms with Crippen molar-refractivity contribution in [3.63, 3.8) is 0 Å². The van der Waals surface area contributed by atoms with Gasteiger partial charge in [-0.15, -0.1) is 0 Å². The van der Waals surface area contributed by atoms with Crippen molar-refractivity contribution >= 4 is 53.0 Å². The monoisotopic (exact) mass is 1040 g/mol. The van der Waals surface area contributed by atoms with Crippen LogP contribution >= 0.6 is 0 Å². The molecule has 404 valence electrons. The summed E-state index contributed by atoms with van der Waals surface area (Å²) in [6, 6.07) is 10.5. The molecule has 5 atom stereocenters. The van der Waals surface area contributed by atoms with E-state index in [0.717, 1.165) is 23.8 Å². The Hall–Kier alpha value is -7.88. The number of aromatic nitrogens is 2. The van der Waals surface area contributed by atoms with Crippen molar-refractivity contribution in [3.8, 4) is 11.1 Å². The highest BCUT2D eigenvalue weighted by Gasteiger charge is 2.38. The number of hydrogen-bond acceptors (Lipinski definition) is 11. The number of halogens is 2. The van der Waals surface area contributed by atoms with Crippen LogP contribution in [0.25, 0.3) is 11.1 Å². The number of Topliss-reactive ketones (excluding diaryl/α,β-unsaturated/α-hetero) is 1. The molecular weight excluding hydrogens is 975 g/mol. The molecule has 4 rings (SSSR count). The second-order valence-electron chi connectivity index (χ2n) is 19.2. The summed E-state index contributed by atoms with van der Waals surface area (Å²) < 4.78 is 31.8. The van der Waals surface area contributed by atoms with Gasteiger partial charge in [-0.1, -0.05) is 51.1 Å². The van der Waals surface area contributed by atoms with Crippen molar-refractivity contribution in [1.29, 1.82) is 0 Å². The number of rotatable bonds is 28. The summed E-state index contributed by atoms with van der Waals surface area (Å²) in [5, 5.41) is 25.7. The molecule has 75 heavy (non-hydrogen) atoms. The molecule has 8 amide bonds. The van der Waals surface area contributed by atoms with Crippen LogP contribution in [0, 0.1) is 17.0 Å². The molecule has 9 N–H and O–H groups in total. The van der Waals surface area contributed by atoms with Crippen LogP contribution < -0.4 is 37.6 Å². The van der Waals surface area contributed by atoms with E-state index in [1.807, 2.05) is 51.1 Å². The molecule has 2 heterocycles. The van der Waals surface area contributed by atoms with Gasteiger partial charge in [0.15, 0.2) is 0 Å². The Balaban J connectivity index is 1.63. The number of nitrogens with two attached hydrogens (primary N) is 1. The lowest BCUT2D eigenvalue weighted by Crippen LogP contribution is -2.58. The third-order valence-corrected chi connectivity index (χ3v) is 11.9. The standard InChI is InChI=1S/C53H68F2N10O10/c1-32(67)11-10-14-45(69)58-22-23-59-51(74)41(62-52(75)42(28-44(56)68)63-50(73)34(3)61-49(72)33(2)60-46(70)25-35-17-20-57-21-18-35)19-24-65(47(71)31-66)48(53(4,5)6)43-26-37(39-27-38(54)15-16-40(39)55)30-64(43)29-36-12-8-7-9-13-36/h7-9,12-13,15-18,20-21,26-27,30,33-34,41-42,48,66H,10-11,14,19,22-25,28-29,31H2,1-6H3,(H2,56,68)(H,58,69)(H,59,74)(H,60,70)(H,61,72)(H,62,75)(H,63,73)/t33-,34+,41-,42-,48-/m0/s1. The van der Waals surface area contributed by atoms with Gasteiger partial charge in [0.2, 0.25) is 47.3 Å². The molecule has 0 radical (unpaired) electrons. The van der Waals surface area contributed by atoms with Crippen LogP contribution in [0.3, 0.4) is 0 Å². The molecule has 0 bridgehead atoms. The maximum atomic E-state index is 15.4. The molecule has 22 heteroatoms. The van der Waals surface area contributed by atoms with Gasteiger partial charge in [-0.3, -0.25) is 43.3 Å². The molecule has 20 nitrogen and oxygen atoms in total. The number of pyridine rings is 1. The second kappa shape index (κ2) is 28.5. The first-order valence-electron chi connectivity index (χ1n) is 24.5. The minimum atomic E-state index is -1.71. The van der Waals surface area contributed by atoms with E-state index in [2.05, 4.69) is 36.9 Å². The number of benzene rings is 2. The van der Waals surface area contributed by atoms with E-state index >= 15 is 4.39 Å². The molecule has 2 aromatic carbocycles. The molecule has 0 unspecified atom stereocenters. The Bertz CT molecular complexity index is 2640. The van der Waals surface area contributed by atoms with Gasteiger partial charge in [0.1, 0.15) is 48.2 Å². The number of aliphatic hydroxyl groups excluding tert-OH is 1. The minimum Gasteiger partial charge on any atom is -0.387 e. The van der Waals surface area contributed by atoms with Gasteiger partial charge in [0.25, 0.3) is 0 Å². The van der Waals surface area contributed by atoms with Crippen molar-refractivity contribution in [2.45, 2.75) is 117 Å². The number of aliphatic hydroxyl groups is 1. The Labute approximate surface area is 434 Å². The van der Waals surface area contributed by atoms with E-state index in [1.165, 1.54) is 38.1 Å². The lowest BCUT2D eigenvalue weighted by molar-refractivity contribution is -0.140. The van der Waals surface area contributed by atoms with Crippen LogP contribution in [0.5, 0.6) is 0 Å². The first-order chi connectivity index (χ1) is 35.5. The van der Waals surface area contributed by atoms with E-state index in [-0.39, 0.29) is 74.7 Å². The molecule has 0 saturated carbocycles. The number of primary amides is 1. The molecule has 0 saturated heterocycles. The van der Waals surface area contributed by atoms with Crippen molar-refractivity contribution in [2.75, 3.05) is 26.2 Å². The average molecular weight is 1040 g/mol. The van der Waals surface area contributed by atoms with Crippen LogP contribution in [0.2, 0.25) is 0 Å². The van der Waals surface area contributed by atoms with Crippen molar-refractivity contribution in [1.82, 2.24) is 46.4 Å². The van der Waals surface area contributed by atoms with Gasteiger partial charge >= 0.3 is 0 Å². The molecule has 0 aliphatic heterocycles.